The summed E-state index contributed by atoms with van der Waals surface area (Å²) in [6.07, 6.45) is 0. The van der Waals surface area contributed by atoms with Gasteiger partial charge in [0.25, 0.3) is 10.0 Å². The van der Waals surface area contributed by atoms with E-state index in [0.29, 0.717) is 5.75 Å². The summed E-state index contributed by atoms with van der Waals surface area (Å²) < 4.78 is 99.1. The van der Waals surface area contributed by atoms with Gasteiger partial charge in [-0.3, -0.25) is 4.72 Å². The van der Waals surface area contributed by atoms with Gasteiger partial charge >= 0.3 is 0 Å². The molecule has 0 heterocycles. The van der Waals surface area contributed by atoms with E-state index in [1.54, 1.807) is 35.1 Å². The molecular formula is C18H10F5NO3S. The second-order valence-corrected chi connectivity index (χ2v) is 7.07. The van der Waals surface area contributed by atoms with Crippen LogP contribution in [0, 0.1) is 29.1 Å². The Labute approximate surface area is 156 Å². The van der Waals surface area contributed by atoms with Crippen molar-refractivity contribution in [3.63, 3.8) is 0 Å². The Balaban J connectivity index is 1.95. The van der Waals surface area contributed by atoms with Crippen LogP contribution in [0.3, 0.4) is 0 Å². The lowest BCUT2D eigenvalue weighted by Crippen LogP contribution is -2.19. The zero-order chi connectivity index (χ0) is 20.5. The van der Waals surface area contributed by atoms with E-state index in [1.165, 1.54) is 24.3 Å². The van der Waals surface area contributed by atoms with E-state index in [9.17, 15) is 30.4 Å². The molecule has 0 saturated heterocycles. The summed E-state index contributed by atoms with van der Waals surface area (Å²) in [4.78, 5) is -1.97. The third kappa shape index (κ3) is 3.77. The summed E-state index contributed by atoms with van der Waals surface area (Å²) >= 11 is 0. The predicted octanol–water partition coefficient (Wildman–Crippen LogP) is 4.98. The molecule has 0 aromatic heterocycles. The van der Waals surface area contributed by atoms with Crippen LogP contribution in [0.2, 0.25) is 0 Å². The molecule has 0 fully saturated rings. The summed E-state index contributed by atoms with van der Waals surface area (Å²) in [5.74, 6) is -11.5. The Morgan fingerprint density at radius 2 is 1.21 bits per heavy atom. The van der Waals surface area contributed by atoms with E-state index in [4.69, 9.17) is 4.74 Å². The van der Waals surface area contributed by atoms with Gasteiger partial charge in [0.05, 0.1) is 5.69 Å². The zero-order valence-electron chi connectivity index (χ0n) is 13.7. The second kappa shape index (κ2) is 7.47. The van der Waals surface area contributed by atoms with Gasteiger partial charge in [-0.05, 0) is 24.3 Å². The van der Waals surface area contributed by atoms with Gasteiger partial charge in [-0.15, -0.1) is 0 Å². The number of anilines is 1. The lowest BCUT2D eigenvalue weighted by molar-refractivity contribution is 0.358. The van der Waals surface area contributed by atoms with E-state index in [-0.39, 0.29) is 11.4 Å². The minimum atomic E-state index is -5.13. The molecule has 0 unspecified atom stereocenters. The number of sulfonamides is 1. The van der Waals surface area contributed by atoms with Crippen molar-refractivity contribution >= 4 is 15.7 Å². The van der Waals surface area contributed by atoms with Gasteiger partial charge in [0.15, 0.2) is 28.2 Å². The number of nitrogens with one attached hydrogen (secondary N) is 1. The van der Waals surface area contributed by atoms with Crippen molar-refractivity contribution < 1.29 is 35.1 Å². The topological polar surface area (TPSA) is 55.4 Å². The fourth-order valence-electron chi connectivity index (χ4n) is 2.27. The Hall–Kier alpha value is -3.14. The van der Waals surface area contributed by atoms with Gasteiger partial charge in [-0.1, -0.05) is 24.3 Å². The Morgan fingerprint density at radius 3 is 1.82 bits per heavy atom. The van der Waals surface area contributed by atoms with Crippen molar-refractivity contribution in [2.24, 2.45) is 0 Å². The summed E-state index contributed by atoms with van der Waals surface area (Å²) in [7, 11) is -5.13. The van der Waals surface area contributed by atoms with Crippen LogP contribution in [0.15, 0.2) is 59.5 Å². The number of hydrogen-bond acceptors (Lipinski definition) is 3. The molecule has 28 heavy (non-hydrogen) atoms. The quantitative estimate of drug-likeness (QED) is 0.364. The molecule has 0 bridgehead atoms. The molecule has 0 aliphatic rings. The van der Waals surface area contributed by atoms with Crippen molar-refractivity contribution in [1.29, 1.82) is 0 Å². The third-order valence-electron chi connectivity index (χ3n) is 3.50. The number of halogens is 5. The SMILES string of the molecule is O=S(=O)(Nc1cccc(Oc2ccccc2)c1)c1c(F)c(F)c(F)c(F)c1F. The first-order valence-electron chi connectivity index (χ1n) is 7.58. The zero-order valence-corrected chi connectivity index (χ0v) is 14.5. The Morgan fingerprint density at radius 1 is 0.679 bits per heavy atom. The van der Waals surface area contributed by atoms with E-state index in [1.807, 2.05) is 0 Å². The van der Waals surface area contributed by atoms with Crippen LogP contribution in [0.4, 0.5) is 27.6 Å². The molecule has 0 radical (unpaired) electrons. The fraction of sp³-hybridized carbons (Fsp3) is 0. The summed E-state index contributed by atoms with van der Waals surface area (Å²) in [6, 6.07) is 13.6. The van der Waals surface area contributed by atoms with Gasteiger partial charge in [-0.2, -0.15) is 0 Å². The Kier molecular flexibility index (Phi) is 5.23. The lowest BCUT2D eigenvalue weighted by atomic mass is 10.3. The Bertz CT molecular complexity index is 1110. The van der Waals surface area contributed by atoms with Gasteiger partial charge in [0, 0.05) is 6.07 Å². The highest BCUT2D eigenvalue weighted by molar-refractivity contribution is 7.92. The number of para-hydroxylation sites is 1. The van der Waals surface area contributed by atoms with Gasteiger partial charge in [0.2, 0.25) is 5.82 Å². The third-order valence-corrected chi connectivity index (χ3v) is 4.90. The van der Waals surface area contributed by atoms with E-state index < -0.39 is 44.0 Å². The van der Waals surface area contributed by atoms with E-state index in [0.717, 1.165) is 0 Å². The maximum atomic E-state index is 13.8. The van der Waals surface area contributed by atoms with Gasteiger partial charge in [-0.25, -0.2) is 30.4 Å². The summed E-state index contributed by atoms with van der Waals surface area (Å²) in [5, 5.41) is 0. The molecule has 1 N–H and O–H groups in total. The average molecular weight is 415 g/mol. The maximum Gasteiger partial charge on any atom is 0.267 e. The van der Waals surface area contributed by atoms with Crippen LogP contribution in [-0.2, 0) is 10.0 Å². The monoisotopic (exact) mass is 415 g/mol. The number of rotatable bonds is 5. The van der Waals surface area contributed by atoms with Crippen molar-refractivity contribution in [2.45, 2.75) is 4.90 Å². The molecule has 4 nitrogen and oxygen atoms in total. The first-order chi connectivity index (χ1) is 13.2. The molecule has 146 valence electrons. The molecule has 0 amide bonds. The average Bonchev–Trinajstić information content (AvgIpc) is 2.65. The smallest absolute Gasteiger partial charge is 0.267 e. The lowest BCUT2D eigenvalue weighted by Gasteiger charge is -2.12. The van der Waals surface area contributed by atoms with Crippen molar-refractivity contribution in [3.05, 3.63) is 83.7 Å². The van der Waals surface area contributed by atoms with E-state index >= 15 is 0 Å². The number of ether oxygens (including phenoxy) is 1. The summed E-state index contributed by atoms with van der Waals surface area (Å²) in [6.45, 7) is 0. The first kappa shape index (κ1) is 19.6. The van der Waals surface area contributed by atoms with E-state index in [2.05, 4.69) is 0 Å². The van der Waals surface area contributed by atoms with Crippen LogP contribution in [0.1, 0.15) is 0 Å². The van der Waals surface area contributed by atoms with Crippen LogP contribution in [0.25, 0.3) is 0 Å². The highest BCUT2D eigenvalue weighted by atomic mass is 32.2. The molecule has 0 atom stereocenters. The number of hydrogen-bond donors (Lipinski definition) is 1. The maximum absolute atomic E-state index is 13.8. The van der Waals surface area contributed by atoms with Crippen LogP contribution >= 0.6 is 0 Å². The highest BCUT2D eigenvalue weighted by Crippen LogP contribution is 2.29. The molecular weight excluding hydrogens is 405 g/mol. The molecule has 10 heteroatoms. The van der Waals surface area contributed by atoms with Crippen LogP contribution < -0.4 is 9.46 Å². The first-order valence-corrected chi connectivity index (χ1v) is 9.06. The molecule has 0 spiro atoms. The summed E-state index contributed by atoms with van der Waals surface area (Å²) in [5.41, 5.74) is -0.211. The second-order valence-electron chi connectivity index (χ2n) is 5.45. The molecule has 3 aromatic rings. The van der Waals surface area contributed by atoms with Gasteiger partial charge in [0.1, 0.15) is 11.5 Å². The molecule has 3 aromatic carbocycles. The minimum absolute atomic E-state index is 0.170. The molecule has 0 aliphatic carbocycles. The fourth-order valence-corrected chi connectivity index (χ4v) is 3.46. The van der Waals surface area contributed by atoms with Crippen molar-refractivity contribution in [2.75, 3.05) is 4.72 Å². The highest BCUT2D eigenvalue weighted by Gasteiger charge is 2.33. The normalized spacial score (nSPS) is 11.3. The molecule has 3 rings (SSSR count). The molecule has 0 aliphatic heterocycles. The van der Waals surface area contributed by atoms with Crippen LogP contribution in [0.5, 0.6) is 11.5 Å². The minimum Gasteiger partial charge on any atom is -0.457 e. The van der Waals surface area contributed by atoms with Crippen molar-refractivity contribution in [1.82, 2.24) is 0 Å². The predicted molar refractivity (Wildman–Crippen MR) is 90.0 cm³/mol. The van der Waals surface area contributed by atoms with Gasteiger partial charge < -0.3 is 4.74 Å². The largest absolute Gasteiger partial charge is 0.457 e. The molecule has 0 saturated carbocycles. The number of benzene rings is 3. The standard InChI is InChI=1S/C18H10F5NO3S/c19-13-14(20)16(22)18(17(23)15(13)21)28(25,26)24-10-5-4-8-12(9-10)27-11-6-2-1-3-7-11/h1-9,24H. The van der Waals surface area contributed by atoms with Crippen LogP contribution in [-0.4, -0.2) is 8.42 Å². The van der Waals surface area contributed by atoms with Crippen molar-refractivity contribution in [3.8, 4) is 11.5 Å².